The Kier molecular flexibility index (Phi) is 4.02. The van der Waals surface area contributed by atoms with Crippen molar-refractivity contribution < 1.29 is 4.74 Å². The van der Waals surface area contributed by atoms with Crippen LogP contribution in [0.4, 0.5) is 0 Å². The number of ether oxygens (including phenoxy) is 1. The molecule has 1 aliphatic rings. The van der Waals surface area contributed by atoms with Crippen molar-refractivity contribution in [2.45, 2.75) is 32.0 Å². The highest BCUT2D eigenvalue weighted by molar-refractivity contribution is 6.01. The van der Waals surface area contributed by atoms with Crippen molar-refractivity contribution in [2.75, 3.05) is 0 Å². The van der Waals surface area contributed by atoms with Crippen molar-refractivity contribution in [3.8, 4) is 11.1 Å². The molecule has 3 rings (SSSR count). The molecule has 0 aromatic heterocycles. The van der Waals surface area contributed by atoms with Gasteiger partial charge >= 0.3 is 0 Å². The summed E-state index contributed by atoms with van der Waals surface area (Å²) in [5.74, 6) is 0.1000. The van der Waals surface area contributed by atoms with Crippen LogP contribution >= 0.6 is 0 Å². The normalized spacial score (nSPS) is 14.7. The molecule has 21 heavy (non-hydrogen) atoms. The van der Waals surface area contributed by atoms with Crippen LogP contribution in [0.15, 0.2) is 48.5 Å². The van der Waals surface area contributed by atoms with Gasteiger partial charge in [-0.1, -0.05) is 48.5 Å². The summed E-state index contributed by atoms with van der Waals surface area (Å²) in [6.45, 7) is 0.680. The predicted octanol–water partition coefficient (Wildman–Crippen LogP) is 3.71. The number of nitrogens with one attached hydrogen (secondary N) is 1. The Hall–Kier alpha value is -2.13. The van der Waals surface area contributed by atoms with Crippen LogP contribution in [-0.4, -0.2) is 11.9 Å². The first-order chi connectivity index (χ1) is 10.2. The van der Waals surface area contributed by atoms with Gasteiger partial charge in [-0.15, -0.1) is 0 Å². The molecule has 0 heterocycles. The summed E-state index contributed by atoms with van der Waals surface area (Å²) >= 11 is 0. The molecule has 2 aromatic carbocycles. The van der Waals surface area contributed by atoms with Crippen LogP contribution in [0.1, 0.15) is 30.4 Å². The fourth-order valence-electron chi connectivity index (χ4n) is 2.50. The Labute approximate surface area is 125 Å². The van der Waals surface area contributed by atoms with Crippen LogP contribution < -0.4 is 5.73 Å². The van der Waals surface area contributed by atoms with Gasteiger partial charge in [0.05, 0.1) is 12.7 Å². The smallest absolute Gasteiger partial charge is 0.123 e. The van der Waals surface area contributed by atoms with E-state index in [1.165, 1.54) is 24.8 Å². The monoisotopic (exact) mass is 280 g/mol. The zero-order valence-electron chi connectivity index (χ0n) is 12.0. The second-order valence-electron chi connectivity index (χ2n) is 5.52. The highest BCUT2D eigenvalue weighted by Gasteiger charge is 2.17. The van der Waals surface area contributed by atoms with E-state index in [0.29, 0.717) is 12.7 Å². The summed E-state index contributed by atoms with van der Waals surface area (Å²) in [6.07, 6.45) is 4.16. The quantitative estimate of drug-likeness (QED) is 0.648. The van der Waals surface area contributed by atoms with Crippen LogP contribution in [0, 0.1) is 5.41 Å². The predicted molar refractivity (Wildman–Crippen MR) is 85.3 cm³/mol. The van der Waals surface area contributed by atoms with E-state index in [1.54, 1.807) is 0 Å². The third kappa shape index (κ3) is 3.14. The van der Waals surface area contributed by atoms with Crippen molar-refractivity contribution >= 4 is 5.84 Å². The molecule has 3 heteroatoms. The van der Waals surface area contributed by atoms with Crippen LogP contribution in [-0.2, 0) is 11.3 Å². The molecule has 1 saturated carbocycles. The van der Waals surface area contributed by atoms with Gasteiger partial charge < -0.3 is 10.5 Å². The Morgan fingerprint density at radius 1 is 1.10 bits per heavy atom. The number of hydrogen-bond donors (Lipinski definition) is 2. The molecule has 2 aromatic rings. The Morgan fingerprint density at radius 3 is 2.43 bits per heavy atom. The van der Waals surface area contributed by atoms with E-state index in [4.69, 9.17) is 15.9 Å². The minimum atomic E-state index is 0.1000. The standard InChI is InChI=1S/C18H20N2O/c19-18(20)17-7-2-1-6-16(17)14-10-8-13(9-11-14)12-21-15-4-3-5-15/h1-2,6-11,15H,3-5,12H2,(H3,19,20). The van der Waals surface area contributed by atoms with Crippen molar-refractivity contribution in [3.63, 3.8) is 0 Å². The van der Waals surface area contributed by atoms with E-state index in [1.807, 2.05) is 24.3 Å². The summed E-state index contributed by atoms with van der Waals surface area (Å²) in [6, 6.07) is 16.1. The molecule has 0 radical (unpaired) electrons. The van der Waals surface area contributed by atoms with E-state index in [2.05, 4.69) is 24.3 Å². The highest BCUT2D eigenvalue weighted by atomic mass is 16.5. The Bertz CT molecular complexity index is 630. The van der Waals surface area contributed by atoms with Gasteiger partial charge in [0.1, 0.15) is 5.84 Å². The fraction of sp³-hybridized carbons (Fsp3) is 0.278. The summed E-state index contributed by atoms with van der Waals surface area (Å²) < 4.78 is 5.82. The average Bonchev–Trinajstić information content (AvgIpc) is 2.46. The van der Waals surface area contributed by atoms with Crippen LogP contribution in [0.3, 0.4) is 0 Å². The van der Waals surface area contributed by atoms with Gasteiger partial charge in [-0.2, -0.15) is 0 Å². The molecular formula is C18H20N2O. The van der Waals surface area contributed by atoms with Crippen LogP contribution in [0.25, 0.3) is 11.1 Å². The summed E-state index contributed by atoms with van der Waals surface area (Å²) in [5.41, 5.74) is 9.68. The number of hydrogen-bond acceptors (Lipinski definition) is 2. The minimum Gasteiger partial charge on any atom is -0.384 e. The van der Waals surface area contributed by atoms with Gasteiger partial charge in [-0.05, 0) is 36.0 Å². The summed E-state index contributed by atoms with van der Waals surface area (Å²) in [7, 11) is 0. The molecule has 0 atom stereocenters. The topological polar surface area (TPSA) is 59.1 Å². The minimum absolute atomic E-state index is 0.1000. The third-order valence-corrected chi connectivity index (χ3v) is 4.02. The summed E-state index contributed by atoms with van der Waals surface area (Å²) in [5, 5.41) is 7.67. The average molecular weight is 280 g/mol. The number of benzene rings is 2. The third-order valence-electron chi connectivity index (χ3n) is 4.02. The van der Waals surface area contributed by atoms with Gasteiger partial charge in [0.2, 0.25) is 0 Å². The Balaban J connectivity index is 1.75. The zero-order valence-corrected chi connectivity index (χ0v) is 12.0. The van der Waals surface area contributed by atoms with E-state index < -0.39 is 0 Å². The van der Waals surface area contributed by atoms with Crippen molar-refractivity contribution in [3.05, 3.63) is 59.7 Å². The van der Waals surface area contributed by atoms with Crippen molar-refractivity contribution in [1.82, 2.24) is 0 Å². The van der Waals surface area contributed by atoms with E-state index in [0.717, 1.165) is 16.7 Å². The first-order valence-electron chi connectivity index (χ1n) is 7.38. The van der Waals surface area contributed by atoms with Gasteiger partial charge in [0.15, 0.2) is 0 Å². The van der Waals surface area contributed by atoms with E-state index >= 15 is 0 Å². The van der Waals surface area contributed by atoms with Crippen molar-refractivity contribution in [2.24, 2.45) is 5.73 Å². The zero-order chi connectivity index (χ0) is 14.7. The van der Waals surface area contributed by atoms with Crippen LogP contribution in [0.5, 0.6) is 0 Å². The largest absolute Gasteiger partial charge is 0.384 e. The molecule has 0 bridgehead atoms. The first kappa shape index (κ1) is 13.8. The second-order valence-corrected chi connectivity index (χ2v) is 5.52. The molecule has 1 aliphatic carbocycles. The number of nitrogen functional groups attached to an aromatic ring is 1. The number of rotatable bonds is 5. The SMILES string of the molecule is N=C(N)c1ccccc1-c1ccc(COC2CCC2)cc1. The van der Waals surface area contributed by atoms with E-state index in [9.17, 15) is 0 Å². The molecule has 0 saturated heterocycles. The lowest BCUT2D eigenvalue weighted by Crippen LogP contribution is -2.21. The molecule has 3 N–H and O–H groups in total. The number of nitrogens with two attached hydrogens (primary N) is 1. The maximum Gasteiger partial charge on any atom is 0.123 e. The molecule has 0 aliphatic heterocycles. The lowest BCUT2D eigenvalue weighted by molar-refractivity contribution is -0.00865. The van der Waals surface area contributed by atoms with E-state index in [-0.39, 0.29) is 5.84 Å². The van der Waals surface area contributed by atoms with Gasteiger partial charge in [0.25, 0.3) is 0 Å². The molecule has 0 unspecified atom stereocenters. The highest BCUT2D eigenvalue weighted by Crippen LogP contribution is 2.25. The molecule has 108 valence electrons. The summed E-state index contributed by atoms with van der Waals surface area (Å²) in [4.78, 5) is 0. The first-order valence-corrected chi connectivity index (χ1v) is 7.38. The number of amidine groups is 1. The van der Waals surface area contributed by atoms with Gasteiger partial charge in [-0.3, -0.25) is 5.41 Å². The second kappa shape index (κ2) is 6.10. The van der Waals surface area contributed by atoms with Gasteiger partial charge in [0, 0.05) is 5.56 Å². The molecular weight excluding hydrogens is 260 g/mol. The fourth-order valence-corrected chi connectivity index (χ4v) is 2.50. The van der Waals surface area contributed by atoms with Crippen LogP contribution in [0.2, 0.25) is 0 Å². The van der Waals surface area contributed by atoms with Crippen molar-refractivity contribution in [1.29, 1.82) is 5.41 Å². The lowest BCUT2D eigenvalue weighted by Gasteiger charge is -2.25. The maximum absolute atomic E-state index is 7.67. The lowest BCUT2D eigenvalue weighted by atomic mass is 9.96. The molecule has 1 fully saturated rings. The van der Waals surface area contributed by atoms with Gasteiger partial charge in [-0.25, -0.2) is 0 Å². The molecule has 0 spiro atoms. The molecule has 0 amide bonds. The Morgan fingerprint density at radius 2 is 1.81 bits per heavy atom. The molecule has 3 nitrogen and oxygen atoms in total. The maximum atomic E-state index is 7.67.